The monoisotopic (exact) mass is 342 g/mol. The number of hydrogen-bond acceptors (Lipinski definition) is 4. The first-order chi connectivity index (χ1) is 12.2. The van der Waals surface area contributed by atoms with E-state index in [-0.39, 0.29) is 11.5 Å². The van der Waals surface area contributed by atoms with E-state index in [0.29, 0.717) is 29.8 Å². The Morgan fingerprint density at radius 2 is 2.04 bits per heavy atom. The van der Waals surface area contributed by atoms with Crippen LogP contribution in [0.2, 0.25) is 0 Å². The Balaban J connectivity index is 1.55. The summed E-state index contributed by atoms with van der Waals surface area (Å²) in [5.41, 5.74) is 0.614. The smallest absolute Gasteiger partial charge is 0.261 e. The van der Waals surface area contributed by atoms with Crippen molar-refractivity contribution < 1.29 is 4.79 Å². The Kier molecular flexibility index (Phi) is 5.81. The van der Waals surface area contributed by atoms with Gasteiger partial charge in [0.05, 0.1) is 17.2 Å². The van der Waals surface area contributed by atoms with Crippen molar-refractivity contribution in [2.75, 3.05) is 26.7 Å². The molecule has 0 spiro atoms. The third kappa shape index (κ3) is 4.25. The van der Waals surface area contributed by atoms with Gasteiger partial charge in [0.25, 0.3) is 5.56 Å². The zero-order valence-corrected chi connectivity index (χ0v) is 14.8. The number of para-hydroxylation sites is 1. The highest BCUT2D eigenvalue weighted by atomic mass is 16.2. The normalized spacial score (nSPS) is 15.6. The minimum atomic E-state index is -0.0795. The minimum Gasteiger partial charge on any atom is -0.343 e. The molecule has 0 atom stereocenters. The Labute approximate surface area is 147 Å². The lowest BCUT2D eigenvalue weighted by molar-refractivity contribution is -0.132. The van der Waals surface area contributed by atoms with Crippen LogP contribution in [0.5, 0.6) is 0 Å². The molecule has 1 aliphatic rings. The van der Waals surface area contributed by atoms with Gasteiger partial charge in [0.15, 0.2) is 0 Å². The number of benzene rings is 1. The fourth-order valence-corrected chi connectivity index (χ4v) is 3.46. The molecule has 0 bridgehead atoms. The maximum atomic E-state index is 12.5. The predicted octanol–water partition coefficient (Wildman–Crippen LogP) is 1.63. The molecule has 6 heteroatoms. The third-order valence-corrected chi connectivity index (χ3v) is 5.07. The first-order valence-corrected chi connectivity index (χ1v) is 9.05. The van der Waals surface area contributed by atoms with E-state index in [0.717, 1.165) is 32.5 Å². The van der Waals surface area contributed by atoms with Crippen LogP contribution in [-0.4, -0.2) is 47.0 Å². The van der Waals surface area contributed by atoms with Crippen molar-refractivity contribution in [2.45, 2.75) is 32.2 Å². The lowest BCUT2D eigenvalue weighted by Crippen LogP contribution is -2.39. The van der Waals surface area contributed by atoms with E-state index in [4.69, 9.17) is 0 Å². The van der Waals surface area contributed by atoms with Crippen LogP contribution in [0.15, 0.2) is 35.4 Å². The number of aryl methyl sites for hydroxylation is 1. The van der Waals surface area contributed by atoms with Crippen LogP contribution in [0.3, 0.4) is 0 Å². The number of amides is 1. The summed E-state index contributed by atoms with van der Waals surface area (Å²) in [7, 11) is 1.97. The van der Waals surface area contributed by atoms with Gasteiger partial charge in [-0.15, -0.1) is 0 Å². The number of likely N-dealkylation sites (tertiary alicyclic amines) is 1. The van der Waals surface area contributed by atoms with Gasteiger partial charge >= 0.3 is 0 Å². The van der Waals surface area contributed by atoms with E-state index in [1.54, 1.807) is 17.0 Å². The number of carbonyl (C=O) groups is 1. The number of hydrogen-bond donors (Lipinski definition) is 1. The lowest BCUT2D eigenvalue weighted by Gasteiger charge is -2.32. The highest BCUT2D eigenvalue weighted by Gasteiger charge is 2.22. The van der Waals surface area contributed by atoms with Crippen molar-refractivity contribution in [3.05, 3.63) is 40.9 Å². The van der Waals surface area contributed by atoms with Gasteiger partial charge in [0.1, 0.15) is 0 Å². The summed E-state index contributed by atoms with van der Waals surface area (Å²) in [5, 5.41) is 3.79. The van der Waals surface area contributed by atoms with E-state index < -0.39 is 0 Å². The Morgan fingerprint density at radius 1 is 1.28 bits per heavy atom. The molecular formula is C19H26N4O2. The lowest BCUT2D eigenvalue weighted by atomic mass is 9.93. The Hall–Kier alpha value is -2.21. The van der Waals surface area contributed by atoms with Gasteiger partial charge in [-0.2, -0.15) is 0 Å². The van der Waals surface area contributed by atoms with Gasteiger partial charge in [0.2, 0.25) is 5.91 Å². The first kappa shape index (κ1) is 17.6. The van der Waals surface area contributed by atoms with Crippen LogP contribution in [0.25, 0.3) is 10.9 Å². The topological polar surface area (TPSA) is 67.2 Å². The van der Waals surface area contributed by atoms with Crippen molar-refractivity contribution in [1.29, 1.82) is 0 Å². The fourth-order valence-electron chi connectivity index (χ4n) is 3.46. The average molecular weight is 342 g/mol. The second-order valence-corrected chi connectivity index (χ2v) is 6.73. The predicted molar refractivity (Wildman–Crippen MR) is 98.5 cm³/mol. The zero-order valence-electron chi connectivity index (χ0n) is 14.8. The van der Waals surface area contributed by atoms with Crippen molar-refractivity contribution in [3.8, 4) is 0 Å². The molecular weight excluding hydrogens is 316 g/mol. The summed E-state index contributed by atoms with van der Waals surface area (Å²) < 4.78 is 1.54. The molecule has 2 aromatic rings. The largest absolute Gasteiger partial charge is 0.343 e. The second-order valence-electron chi connectivity index (χ2n) is 6.73. The third-order valence-electron chi connectivity index (χ3n) is 5.07. The molecule has 6 nitrogen and oxygen atoms in total. The number of rotatable bonds is 6. The standard InChI is InChI=1S/C19H26N4O2/c1-20-10-6-15-7-11-22(12-8-15)18(24)9-13-23-14-21-17-5-3-2-4-16(17)19(23)25/h2-5,14-15,20H,6-13H2,1H3. The molecule has 0 saturated carbocycles. The van der Waals surface area contributed by atoms with Gasteiger partial charge in [-0.25, -0.2) is 4.98 Å². The molecule has 1 aliphatic heterocycles. The number of carbonyl (C=O) groups excluding carboxylic acids is 1. The Bertz CT molecular complexity index is 778. The van der Waals surface area contributed by atoms with Gasteiger partial charge in [-0.3, -0.25) is 14.2 Å². The molecule has 0 radical (unpaired) electrons. The molecule has 1 aromatic carbocycles. The molecule has 1 saturated heterocycles. The van der Waals surface area contributed by atoms with Gasteiger partial charge in [-0.1, -0.05) is 12.1 Å². The molecule has 3 rings (SSSR count). The Morgan fingerprint density at radius 3 is 2.80 bits per heavy atom. The second kappa shape index (κ2) is 8.25. The fraction of sp³-hybridized carbons (Fsp3) is 0.526. The number of piperidine rings is 1. The van der Waals surface area contributed by atoms with Crippen molar-refractivity contribution >= 4 is 16.8 Å². The molecule has 1 amide bonds. The van der Waals surface area contributed by atoms with Crippen LogP contribution in [-0.2, 0) is 11.3 Å². The van der Waals surface area contributed by atoms with Crippen LogP contribution in [0, 0.1) is 5.92 Å². The SMILES string of the molecule is CNCCC1CCN(C(=O)CCn2cnc3ccccc3c2=O)CC1. The van der Waals surface area contributed by atoms with E-state index >= 15 is 0 Å². The van der Waals surface area contributed by atoms with Crippen molar-refractivity contribution in [3.63, 3.8) is 0 Å². The average Bonchev–Trinajstić information content (AvgIpc) is 2.66. The molecule has 1 N–H and O–H groups in total. The molecule has 1 aromatic heterocycles. The maximum Gasteiger partial charge on any atom is 0.261 e. The summed E-state index contributed by atoms with van der Waals surface area (Å²) in [6.07, 6.45) is 5.22. The quantitative estimate of drug-likeness (QED) is 0.866. The molecule has 0 aliphatic carbocycles. The molecule has 1 fully saturated rings. The first-order valence-electron chi connectivity index (χ1n) is 9.05. The molecule has 134 valence electrons. The van der Waals surface area contributed by atoms with Gasteiger partial charge in [-0.05, 0) is 50.9 Å². The zero-order chi connectivity index (χ0) is 17.6. The highest BCUT2D eigenvalue weighted by Crippen LogP contribution is 2.20. The van der Waals surface area contributed by atoms with Crippen LogP contribution < -0.4 is 10.9 Å². The maximum absolute atomic E-state index is 12.5. The summed E-state index contributed by atoms with van der Waals surface area (Å²) >= 11 is 0. The highest BCUT2D eigenvalue weighted by molar-refractivity contribution is 5.77. The summed E-state index contributed by atoms with van der Waals surface area (Å²) in [6.45, 7) is 3.09. The van der Waals surface area contributed by atoms with Crippen LogP contribution >= 0.6 is 0 Å². The molecule has 25 heavy (non-hydrogen) atoms. The summed E-state index contributed by atoms with van der Waals surface area (Å²) in [6, 6.07) is 7.30. The number of aromatic nitrogens is 2. The van der Waals surface area contributed by atoms with E-state index in [1.807, 2.05) is 30.1 Å². The van der Waals surface area contributed by atoms with E-state index in [1.165, 1.54) is 6.42 Å². The van der Waals surface area contributed by atoms with Crippen LogP contribution in [0.1, 0.15) is 25.7 Å². The van der Waals surface area contributed by atoms with Crippen molar-refractivity contribution in [1.82, 2.24) is 19.8 Å². The van der Waals surface area contributed by atoms with Gasteiger partial charge < -0.3 is 10.2 Å². The number of nitrogens with one attached hydrogen (secondary N) is 1. The summed E-state index contributed by atoms with van der Waals surface area (Å²) in [4.78, 5) is 31.1. The molecule has 0 unspecified atom stereocenters. The van der Waals surface area contributed by atoms with E-state index in [9.17, 15) is 9.59 Å². The van der Waals surface area contributed by atoms with E-state index in [2.05, 4.69) is 10.3 Å². The number of fused-ring (bicyclic) bond motifs is 1. The van der Waals surface area contributed by atoms with Gasteiger partial charge in [0, 0.05) is 26.1 Å². The minimum absolute atomic E-state index is 0.0795. The molecule has 2 heterocycles. The van der Waals surface area contributed by atoms with Crippen molar-refractivity contribution in [2.24, 2.45) is 5.92 Å². The summed E-state index contributed by atoms with van der Waals surface area (Å²) in [5.74, 6) is 0.843. The number of nitrogens with zero attached hydrogens (tertiary/aromatic N) is 3. The van der Waals surface area contributed by atoms with Crippen LogP contribution in [0.4, 0.5) is 0 Å².